The van der Waals surface area contributed by atoms with Gasteiger partial charge in [0.25, 0.3) is 0 Å². The third-order valence-electron chi connectivity index (χ3n) is 0.408. The molecule has 0 atom stereocenters. The third kappa shape index (κ3) is 60.3. The second-order valence-electron chi connectivity index (χ2n) is 1.19. The summed E-state index contributed by atoms with van der Waals surface area (Å²) in [6.07, 6.45) is 4.08. The van der Waals surface area contributed by atoms with Crippen molar-refractivity contribution < 1.29 is 4.74 Å². The fourth-order valence-corrected chi connectivity index (χ4v) is 0.204. The molecular formula is C6H16BOS. The topological polar surface area (TPSA) is 9.23 Å². The predicted octanol–water partition coefficient (Wildman–Crippen LogP) is 1.64. The fourth-order valence-electron chi connectivity index (χ4n) is 0.204. The van der Waals surface area contributed by atoms with Crippen molar-refractivity contribution in [2.75, 3.05) is 25.7 Å². The summed E-state index contributed by atoms with van der Waals surface area (Å²) in [4.78, 5) is 0. The molecule has 0 saturated heterocycles. The normalized spacial score (nSPS) is 6.67. The highest BCUT2D eigenvalue weighted by Gasteiger charge is 1.64. The Bertz CT molecular complexity index is 27.0. The van der Waals surface area contributed by atoms with Gasteiger partial charge in [-0.3, -0.25) is 0 Å². The van der Waals surface area contributed by atoms with E-state index in [1.165, 1.54) is 0 Å². The Kier molecular flexibility index (Phi) is 42.8. The summed E-state index contributed by atoms with van der Waals surface area (Å²) < 4.78 is 4.83. The standard InChI is InChI=1S/C4H10O.C2H6S.B/c1-3-5-4-2;1-3-2;/h3-4H2,1-2H3;1-2H3;. The molecule has 3 heteroatoms. The minimum Gasteiger partial charge on any atom is -0.382 e. The molecule has 9 heavy (non-hydrogen) atoms. The zero-order chi connectivity index (χ0) is 6.83. The van der Waals surface area contributed by atoms with Crippen LogP contribution in [-0.4, -0.2) is 34.1 Å². The van der Waals surface area contributed by atoms with Gasteiger partial charge in [-0.1, -0.05) is 0 Å². The molecule has 0 amide bonds. The first-order chi connectivity index (χ1) is 3.83. The molecule has 0 aromatic carbocycles. The van der Waals surface area contributed by atoms with Crippen LogP contribution in [0.4, 0.5) is 0 Å². The van der Waals surface area contributed by atoms with Crippen LogP contribution in [0.2, 0.25) is 0 Å². The molecule has 0 aliphatic carbocycles. The number of hydrogen-bond donors (Lipinski definition) is 0. The number of ether oxygens (including phenoxy) is 1. The molecule has 0 aromatic heterocycles. The molecule has 0 rings (SSSR count). The van der Waals surface area contributed by atoms with Gasteiger partial charge in [0, 0.05) is 21.6 Å². The number of hydrogen-bond acceptors (Lipinski definition) is 2. The van der Waals surface area contributed by atoms with E-state index in [1.807, 2.05) is 26.4 Å². The summed E-state index contributed by atoms with van der Waals surface area (Å²) in [7, 11) is 0. The molecule has 0 bridgehead atoms. The lowest BCUT2D eigenvalue weighted by atomic mass is 10.8. The second kappa shape index (κ2) is 23.8. The van der Waals surface area contributed by atoms with Crippen molar-refractivity contribution in [3.8, 4) is 0 Å². The Morgan fingerprint density at radius 1 is 1.11 bits per heavy atom. The third-order valence-corrected chi connectivity index (χ3v) is 0.408. The van der Waals surface area contributed by atoms with Crippen LogP contribution < -0.4 is 0 Å². The summed E-state index contributed by atoms with van der Waals surface area (Å²) in [6.45, 7) is 5.67. The Morgan fingerprint density at radius 2 is 1.33 bits per heavy atom. The van der Waals surface area contributed by atoms with Gasteiger partial charge in [0.2, 0.25) is 0 Å². The average Bonchev–Trinajstić information content (AvgIpc) is 1.71. The first kappa shape index (κ1) is 16.2. The maximum Gasteiger partial charge on any atom is 0.0437 e. The molecule has 55 valence electrons. The minimum absolute atomic E-state index is 0. The van der Waals surface area contributed by atoms with Gasteiger partial charge in [-0.05, 0) is 26.4 Å². The van der Waals surface area contributed by atoms with E-state index in [2.05, 4.69) is 0 Å². The van der Waals surface area contributed by atoms with Gasteiger partial charge in [-0.2, -0.15) is 11.8 Å². The Labute approximate surface area is 65.1 Å². The molecule has 0 unspecified atom stereocenters. The average molecular weight is 147 g/mol. The van der Waals surface area contributed by atoms with Crippen molar-refractivity contribution in [2.24, 2.45) is 0 Å². The van der Waals surface area contributed by atoms with E-state index in [0.717, 1.165) is 13.2 Å². The Morgan fingerprint density at radius 3 is 1.33 bits per heavy atom. The molecule has 0 spiro atoms. The number of rotatable bonds is 2. The second-order valence-corrected chi connectivity index (χ2v) is 2.01. The van der Waals surface area contributed by atoms with Gasteiger partial charge in [-0.25, -0.2) is 0 Å². The quantitative estimate of drug-likeness (QED) is 0.549. The van der Waals surface area contributed by atoms with Gasteiger partial charge in [0.1, 0.15) is 0 Å². The highest BCUT2D eigenvalue weighted by Crippen LogP contribution is 1.70. The first-order valence-electron chi connectivity index (χ1n) is 2.81. The van der Waals surface area contributed by atoms with E-state index in [0.29, 0.717) is 0 Å². The van der Waals surface area contributed by atoms with Crippen molar-refractivity contribution in [1.82, 2.24) is 0 Å². The summed E-state index contributed by atoms with van der Waals surface area (Å²) in [5, 5.41) is 0. The van der Waals surface area contributed by atoms with Gasteiger partial charge in [-0.15, -0.1) is 0 Å². The monoisotopic (exact) mass is 147 g/mol. The molecule has 0 N–H and O–H groups in total. The van der Waals surface area contributed by atoms with E-state index >= 15 is 0 Å². The summed E-state index contributed by atoms with van der Waals surface area (Å²) in [5.74, 6) is 0. The molecule has 0 heterocycles. The van der Waals surface area contributed by atoms with E-state index in [4.69, 9.17) is 4.74 Å². The van der Waals surface area contributed by atoms with E-state index in [9.17, 15) is 0 Å². The zero-order valence-corrected chi connectivity index (χ0v) is 7.62. The van der Waals surface area contributed by atoms with Crippen LogP contribution in [0.1, 0.15) is 13.8 Å². The maximum absolute atomic E-state index is 4.83. The molecule has 0 aliphatic rings. The Balaban J connectivity index is -0.0000000800. The lowest BCUT2D eigenvalue weighted by molar-refractivity contribution is 0.162. The van der Waals surface area contributed by atoms with Crippen LogP contribution in [0, 0.1) is 0 Å². The molecule has 0 aromatic rings. The summed E-state index contributed by atoms with van der Waals surface area (Å²) in [6, 6.07) is 0. The highest BCUT2D eigenvalue weighted by atomic mass is 32.2. The zero-order valence-electron chi connectivity index (χ0n) is 6.81. The van der Waals surface area contributed by atoms with E-state index < -0.39 is 0 Å². The van der Waals surface area contributed by atoms with Crippen molar-refractivity contribution >= 4 is 20.2 Å². The first-order valence-corrected chi connectivity index (χ1v) is 4.44. The smallest absolute Gasteiger partial charge is 0.0437 e. The van der Waals surface area contributed by atoms with E-state index in [1.54, 1.807) is 11.8 Å². The van der Waals surface area contributed by atoms with E-state index in [-0.39, 0.29) is 8.41 Å². The van der Waals surface area contributed by atoms with Crippen LogP contribution >= 0.6 is 11.8 Å². The Hall–Kier alpha value is 0.375. The van der Waals surface area contributed by atoms with Crippen LogP contribution in [0.5, 0.6) is 0 Å². The van der Waals surface area contributed by atoms with Gasteiger partial charge in [0.05, 0.1) is 0 Å². The van der Waals surface area contributed by atoms with Crippen molar-refractivity contribution in [2.45, 2.75) is 13.8 Å². The van der Waals surface area contributed by atoms with Crippen LogP contribution in [-0.2, 0) is 4.74 Å². The molecule has 3 radical (unpaired) electrons. The largest absolute Gasteiger partial charge is 0.382 e. The van der Waals surface area contributed by atoms with Crippen molar-refractivity contribution in [3.63, 3.8) is 0 Å². The van der Waals surface area contributed by atoms with Crippen LogP contribution in [0.15, 0.2) is 0 Å². The SMILES string of the molecule is CCOCC.CSC.[B]. The molecule has 1 nitrogen and oxygen atoms in total. The fraction of sp³-hybridized carbons (Fsp3) is 1.00. The van der Waals surface area contributed by atoms with Gasteiger partial charge in [0.15, 0.2) is 0 Å². The lowest BCUT2D eigenvalue weighted by Crippen LogP contribution is -1.84. The summed E-state index contributed by atoms with van der Waals surface area (Å²) >= 11 is 1.75. The van der Waals surface area contributed by atoms with Crippen LogP contribution in [0.25, 0.3) is 0 Å². The molecule has 0 aliphatic heterocycles. The van der Waals surface area contributed by atoms with Crippen LogP contribution in [0.3, 0.4) is 0 Å². The predicted molar refractivity (Wildman–Crippen MR) is 47.4 cm³/mol. The minimum atomic E-state index is 0. The highest BCUT2D eigenvalue weighted by molar-refractivity contribution is 7.97. The molecule has 0 fully saturated rings. The number of thioether (sulfide) groups is 1. The van der Waals surface area contributed by atoms with Crippen molar-refractivity contribution in [3.05, 3.63) is 0 Å². The molecule has 0 saturated carbocycles. The van der Waals surface area contributed by atoms with Crippen molar-refractivity contribution in [1.29, 1.82) is 0 Å². The lowest BCUT2D eigenvalue weighted by Gasteiger charge is -1.86. The molecular weight excluding hydrogens is 131 g/mol. The maximum atomic E-state index is 4.83. The van der Waals surface area contributed by atoms with Gasteiger partial charge >= 0.3 is 0 Å². The summed E-state index contributed by atoms with van der Waals surface area (Å²) in [5.41, 5.74) is 0. The van der Waals surface area contributed by atoms with Gasteiger partial charge < -0.3 is 4.74 Å².